The van der Waals surface area contributed by atoms with E-state index in [-0.39, 0.29) is 22.4 Å². The number of amides is 4. The first-order chi connectivity index (χ1) is 15.2. The number of anilines is 1. The number of nitrogens with one attached hydrogen (secondary N) is 1. The molecule has 7 nitrogen and oxygen atoms in total. The Hall–Kier alpha value is -3.03. The Balaban J connectivity index is 2.01. The number of carbonyl (C=O) groups excluding carboxylic acids is 3. The predicted octanol–water partition coefficient (Wildman–Crippen LogP) is 5.24. The van der Waals surface area contributed by atoms with Gasteiger partial charge in [-0.25, -0.2) is 9.69 Å². The number of benzene rings is 2. The van der Waals surface area contributed by atoms with E-state index in [1.807, 2.05) is 20.8 Å². The molecule has 0 aromatic heterocycles. The number of barbiturate groups is 1. The Kier molecular flexibility index (Phi) is 7.43. The fourth-order valence-corrected chi connectivity index (χ4v) is 3.37. The SMILES string of the molecule is CCOc1cc(/C=C2\C(=O)NC(=O)N(c3ccc(Cl)cc3)C2=O)cc(Cl)c1O[C@H](C)CC. The van der Waals surface area contributed by atoms with Crippen molar-refractivity contribution in [2.45, 2.75) is 33.3 Å². The fourth-order valence-electron chi connectivity index (χ4n) is 2.98. The van der Waals surface area contributed by atoms with Crippen LogP contribution in [0.5, 0.6) is 11.5 Å². The lowest BCUT2D eigenvalue weighted by atomic mass is 10.1. The van der Waals surface area contributed by atoms with Crippen molar-refractivity contribution in [3.05, 3.63) is 57.6 Å². The third kappa shape index (κ3) is 5.06. The summed E-state index contributed by atoms with van der Waals surface area (Å²) in [5.74, 6) is -0.793. The fraction of sp³-hybridized carbons (Fsp3) is 0.261. The van der Waals surface area contributed by atoms with Crippen molar-refractivity contribution in [1.29, 1.82) is 0 Å². The van der Waals surface area contributed by atoms with E-state index < -0.39 is 17.8 Å². The maximum absolute atomic E-state index is 13.0. The van der Waals surface area contributed by atoms with Gasteiger partial charge in [0.15, 0.2) is 11.5 Å². The van der Waals surface area contributed by atoms with Gasteiger partial charge in [-0.15, -0.1) is 0 Å². The van der Waals surface area contributed by atoms with Crippen LogP contribution < -0.4 is 19.7 Å². The minimum atomic E-state index is -0.843. The van der Waals surface area contributed by atoms with Gasteiger partial charge < -0.3 is 9.47 Å². The van der Waals surface area contributed by atoms with Gasteiger partial charge in [0.1, 0.15) is 5.57 Å². The van der Waals surface area contributed by atoms with Crippen molar-refractivity contribution >= 4 is 52.8 Å². The van der Waals surface area contributed by atoms with Gasteiger partial charge in [-0.05, 0) is 68.3 Å². The summed E-state index contributed by atoms with van der Waals surface area (Å²) in [5.41, 5.74) is 0.494. The Morgan fingerprint density at radius 3 is 2.41 bits per heavy atom. The second-order valence-electron chi connectivity index (χ2n) is 7.03. The molecule has 1 heterocycles. The Morgan fingerprint density at radius 1 is 1.09 bits per heavy atom. The van der Waals surface area contributed by atoms with Crippen LogP contribution in [0, 0.1) is 0 Å². The third-order valence-corrected chi connectivity index (χ3v) is 5.26. The molecule has 4 amide bonds. The number of rotatable bonds is 7. The lowest BCUT2D eigenvalue weighted by molar-refractivity contribution is -0.122. The molecule has 0 aliphatic carbocycles. The van der Waals surface area contributed by atoms with Crippen LogP contribution in [0.1, 0.15) is 32.8 Å². The van der Waals surface area contributed by atoms with Crippen molar-refractivity contribution in [1.82, 2.24) is 5.32 Å². The van der Waals surface area contributed by atoms with Crippen LogP contribution in [0.2, 0.25) is 10.0 Å². The predicted molar refractivity (Wildman–Crippen MR) is 123 cm³/mol. The maximum Gasteiger partial charge on any atom is 0.335 e. The van der Waals surface area contributed by atoms with Crippen LogP contribution in [0.3, 0.4) is 0 Å². The molecule has 168 valence electrons. The number of hydrogen-bond donors (Lipinski definition) is 1. The van der Waals surface area contributed by atoms with Crippen molar-refractivity contribution in [2.75, 3.05) is 11.5 Å². The van der Waals surface area contributed by atoms with Gasteiger partial charge in [0, 0.05) is 5.02 Å². The van der Waals surface area contributed by atoms with E-state index in [0.717, 1.165) is 11.3 Å². The molecule has 2 aromatic rings. The largest absolute Gasteiger partial charge is 0.490 e. The molecule has 0 bridgehead atoms. The number of carbonyl (C=O) groups is 3. The molecular weight excluding hydrogens is 455 g/mol. The summed E-state index contributed by atoms with van der Waals surface area (Å²) in [6, 6.07) is 8.46. The van der Waals surface area contributed by atoms with Gasteiger partial charge in [0.05, 0.1) is 23.4 Å². The molecule has 1 aliphatic rings. The van der Waals surface area contributed by atoms with E-state index >= 15 is 0 Å². The molecule has 0 spiro atoms. The summed E-state index contributed by atoms with van der Waals surface area (Å²) >= 11 is 12.3. The summed E-state index contributed by atoms with van der Waals surface area (Å²) in [4.78, 5) is 38.7. The van der Waals surface area contributed by atoms with Crippen molar-refractivity contribution in [2.24, 2.45) is 0 Å². The smallest absolute Gasteiger partial charge is 0.335 e. The Labute approximate surface area is 195 Å². The molecule has 1 atom stereocenters. The summed E-state index contributed by atoms with van der Waals surface area (Å²) in [5, 5.41) is 2.90. The molecule has 1 saturated heterocycles. The van der Waals surface area contributed by atoms with Crippen LogP contribution in [0.25, 0.3) is 6.08 Å². The normalized spacial score (nSPS) is 16.2. The van der Waals surface area contributed by atoms with E-state index in [0.29, 0.717) is 28.7 Å². The highest BCUT2D eigenvalue weighted by Gasteiger charge is 2.36. The third-order valence-electron chi connectivity index (χ3n) is 4.72. The lowest BCUT2D eigenvalue weighted by Gasteiger charge is -2.26. The number of nitrogens with zero attached hydrogens (tertiary/aromatic N) is 1. The summed E-state index contributed by atoms with van der Waals surface area (Å²) in [7, 11) is 0. The number of hydrogen-bond acceptors (Lipinski definition) is 5. The minimum absolute atomic E-state index is 0.0828. The van der Waals surface area contributed by atoms with Crippen molar-refractivity contribution < 1.29 is 23.9 Å². The zero-order valence-corrected chi connectivity index (χ0v) is 19.3. The van der Waals surface area contributed by atoms with Crippen LogP contribution in [0.15, 0.2) is 42.0 Å². The molecule has 0 radical (unpaired) electrons. The van der Waals surface area contributed by atoms with Crippen LogP contribution in [-0.2, 0) is 9.59 Å². The first-order valence-electron chi connectivity index (χ1n) is 10.0. The molecule has 1 N–H and O–H groups in total. The minimum Gasteiger partial charge on any atom is -0.490 e. The quantitative estimate of drug-likeness (QED) is 0.436. The molecule has 2 aromatic carbocycles. The van der Waals surface area contributed by atoms with Crippen LogP contribution >= 0.6 is 23.2 Å². The van der Waals surface area contributed by atoms with Gasteiger partial charge in [-0.2, -0.15) is 0 Å². The first-order valence-corrected chi connectivity index (χ1v) is 10.8. The number of ether oxygens (including phenoxy) is 2. The van der Waals surface area contributed by atoms with Gasteiger partial charge in [-0.1, -0.05) is 30.1 Å². The van der Waals surface area contributed by atoms with E-state index in [4.69, 9.17) is 32.7 Å². The zero-order chi connectivity index (χ0) is 23.4. The molecule has 32 heavy (non-hydrogen) atoms. The molecule has 1 fully saturated rings. The molecule has 9 heteroatoms. The summed E-state index contributed by atoms with van der Waals surface area (Å²) in [6.45, 7) is 6.08. The Morgan fingerprint density at radius 2 is 1.78 bits per heavy atom. The van der Waals surface area contributed by atoms with Crippen LogP contribution in [0.4, 0.5) is 10.5 Å². The topological polar surface area (TPSA) is 84.9 Å². The molecule has 1 aliphatic heterocycles. The number of urea groups is 1. The van der Waals surface area contributed by atoms with E-state index in [1.165, 1.54) is 18.2 Å². The first kappa shape index (κ1) is 23.6. The monoisotopic (exact) mass is 476 g/mol. The van der Waals surface area contributed by atoms with Crippen molar-refractivity contribution in [3.8, 4) is 11.5 Å². The highest BCUT2D eigenvalue weighted by atomic mass is 35.5. The summed E-state index contributed by atoms with van der Waals surface area (Å²) in [6.07, 6.45) is 2.05. The molecule has 3 rings (SSSR count). The standard InChI is InChI=1S/C23H22Cl2N2O5/c1-4-13(3)32-20-18(25)11-14(12-19(20)31-5-2)10-17-21(28)26-23(30)27(22(17)29)16-8-6-15(24)7-9-16/h6-13H,4-5H2,1-3H3,(H,26,28,30)/b17-10+/t13-/m1/s1. The highest BCUT2D eigenvalue weighted by Crippen LogP contribution is 2.38. The second-order valence-corrected chi connectivity index (χ2v) is 7.88. The average molecular weight is 477 g/mol. The van der Waals surface area contributed by atoms with Crippen molar-refractivity contribution in [3.63, 3.8) is 0 Å². The van der Waals surface area contributed by atoms with Gasteiger partial charge >= 0.3 is 6.03 Å². The van der Waals surface area contributed by atoms with E-state index in [9.17, 15) is 14.4 Å². The molecular formula is C23H22Cl2N2O5. The van der Waals surface area contributed by atoms with E-state index in [2.05, 4.69) is 5.32 Å². The van der Waals surface area contributed by atoms with Gasteiger partial charge in [0.2, 0.25) is 0 Å². The Bertz CT molecular complexity index is 1080. The summed E-state index contributed by atoms with van der Waals surface area (Å²) < 4.78 is 11.5. The number of imide groups is 2. The van der Waals surface area contributed by atoms with Crippen LogP contribution in [-0.4, -0.2) is 30.6 Å². The lowest BCUT2D eigenvalue weighted by Crippen LogP contribution is -2.54. The number of halogens is 2. The van der Waals surface area contributed by atoms with Gasteiger partial charge in [0.25, 0.3) is 11.8 Å². The molecule has 0 unspecified atom stereocenters. The van der Waals surface area contributed by atoms with Gasteiger partial charge in [-0.3, -0.25) is 14.9 Å². The zero-order valence-electron chi connectivity index (χ0n) is 17.8. The molecule has 0 saturated carbocycles. The highest BCUT2D eigenvalue weighted by molar-refractivity contribution is 6.39. The van der Waals surface area contributed by atoms with E-state index in [1.54, 1.807) is 24.3 Å². The second kappa shape index (κ2) is 10.1. The maximum atomic E-state index is 13.0. The average Bonchev–Trinajstić information content (AvgIpc) is 2.74.